The molecule has 2 amide bonds. The number of hydrogen-bond acceptors (Lipinski definition) is 7. The van der Waals surface area contributed by atoms with Gasteiger partial charge in [-0.1, -0.05) is 23.9 Å². The Bertz CT molecular complexity index is 1180. The maximum Gasteiger partial charge on any atom is 0.251 e. The predicted octanol–water partition coefficient (Wildman–Crippen LogP) is 3.49. The van der Waals surface area contributed by atoms with Gasteiger partial charge in [-0.3, -0.25) is 9.59 Å². The molecule has 0 aliphatic heterocycles. The summed E-state index contributed by atoms with van der Waals surface area (Å²) in [6.45, 7) is 6.62. The highest BCUT2D eigenvalue weighted by atomic mass is 32.2. The van der Waals surface area contributed by atoms with Crippen molar-refractivity contribution >= 4 is 29.3 Å². The summed E-state index contributed by atoms with van der Waals surface area (Å²) in [6.07, 6.45) is 2.22. The molecule has 0 fully saturated rings. The second-order valence-electron chi connectivity index (χ2n) is 7.57. The highest BCUT2D eigenvalue weighted by Crippen LogP contribution is 2.26. The maximum absolute atomic E-state index is 12.5. The molecule has 0 spiro atoms. The molecule has 184 valence electrons. The van der Waals surface area contributed by atoms with Crippen molar-refractivity contribution in [1.82, 2.24) is 20.1 Å². The number of anilines is 1. The number of benzene rings is 2. The Morgan fingerprint density at radius 2 is 1.89 bits per heavy atom. The van der Waals surface area contributed by atoms with Crippen molar-refractivity contribution in [3.05, 3.63) is 72.1 Å². The van der Waals surface area contributed by atoms with Crippen LogP contribution >= 0.6 is 11.8 Å². The number of nitrogens with one attached hydrogen (secondary N) is 2. The molecule has 0 radical (unpaired) electrons. The number of hydrogen-bond donors (Lipinski definition) is 2. The molecule has 2 aromatic carbocycles. The van der Waals surface area contributed by atoms with Gasteiger partial charge in [0.25, 0.3) is 5.91 Å². The van der Waals surface area contributed by atoms with Crippen LogP contribution in [0, 0.1) is 6.92 Å². The van der Waals surface area contributed by atoms with Crippen LogP contribution < -0.4 is 20.1 Å². The molecule has 3 rings (SSSR count). The largest absolute Gasteiger partial charge is 0.497 e. The quantitative estimate of drug-likeness (QED) is 0.293. The Morgan fingerprint density at radius 3 is 2.57 bits per heavy atom. The van der Waals surface area contributed by atoms with E-state index < -0.39 is 0 Å². The van der Waals surface area contributed by atoms with E-state index in [0.29, 0.717) is 53.2 Å². The van der Waals surface area contributed by atoms with Gasteiger partial charge in [-0.05, 0) is 48.9 Å². The lowest BCUT2D eigenvalue weighted by Gasteiger charge is -2.11. The zero-order valence-electron chi connectivity index (χ0n) is 20.0. The fourth-order valence-electron chi connectivity index (χ4n) is 3.29. The third-order valence-electron chi connectivity index (χ3n) is 5.05. The Hall–Kier alpha value is -3.79. The lowest BCUT2D eigenvalue weighted by molar-refractivity contribution is -0.113. The molecule has 9 nitrogen and oxygen atoms in total. The zero-order valence-corrected chi connectivity index (χ0v) is 20.9. The summed E-state index contributed by atoms with van der Waals surface area (Å²) in [7, 11) is 3.14. The van der Waals surface area contributed by atoms with E-state index in [9.17, 15) is 9.59 Å². The highest BCUT2D eigenvalue weighted by Gasteiger charge is 2.15. The summed E-state index contributed by atoms with van der Waals surface area (Å²) in [4.78, 5) is 24.9. The predicted molar refractivity (Wildman–Crippen MR) is 136 cm³/mol. The van der Waals surface area contributed by atoms with Gasteiger partial charge in [0.05, 0.1) is 25.7 Å². The number of allylic oxidation sites excluding steroid dienone is 1. The van der Waals surface area contributed by atoms with Gasteiger partial charge in [-0.15, -0.1) is 16.8 Å². The lowest BCUT2D eigenvalue weighted by Crippen LogP contribution is -2.26. The average Bonchev–Trinajstić information content (AvgIpc) is 3.24. The Morgan fingerprint density at radius 1 is 1.11 bits per heavy atom. The van der Waals surface area contributed by atoms with Gasteiger partial charge in [0, 0.05) is 25.1 Å². The monoisotopic (exact) mass is 495 g/mol. The van der Waals surface area contributed by atoms with Crippen molar-refractivity contribution in [2.75, 3.05) is 31.8 Å². The van der Waals surface area contributed by atoms with Gasteiger partial charge in [-0.25, -0.2) is 0 Å². The van der Waals surface area contributed by atoms with E-state index in [-0.39, 0.29) is 17.6 Å². The van der Waals surface area contributed by atoms with Crippen LogP contribution in [0.15, 0.2) is 60.3 Å². The standard InChI is InChI=1S/C25H29N5O4S/c1-5-14-30-22(12-13-26-24(32)18-7-9-19(33-3)10-8-18)28-29-25(30)35-16-23(31)27-20-15-17(2)6-11-21(20)34-4/h5-11,15H,1,12-14,16H2,2-4H3,(H,26,32)(H,27,31). The van der Waals surface area contributed by atoms with E-state index in [1.54, 1.807) is 44.6 Å². The molecule has 0 aliphatic carbocycles. The minimum Gasteiger partial charge on any atom is -0.497 e. The van der Waals surface area contributed by atoms with E-state index in [4.69, 9.17) is 9.47 Å². The molecule has 0 bridgehead atoms. The molecule has 3 aromatic rings. The van der Waals surface area contributed by atoms with Crippen LogP contribution in [-0.4, -0.2) is 53.1 Å². The van der Waals surface area contributed by atoms with Gasteiger partial charge in [0.1, 0.15) is 17.3 Å². The summed E-state index contributed by atoms with van der Waals surface area (Å²) in [5.74, 6) is 1.78. The molecule has 0 saturated carbocycles. The lowest BCUT2D eigenvalue weighted by atomic mass is 10.2. The van der Waals surface area contributed by atoms with Gasteiger partial charge in [0.2, 0.25) is 5.91 Å². The number of nitrogens with zero attached hydrogens (tertiary/aromatic N) is 3. The number of ether oxygens (including phenoxy) is 2. The minimum atomic E-state index is -0.180. The molecular formula is C25H29N5O4S. The Kier molecular flexibility index (Phi) is 9.31. The molecule has 0 aliphatic rings. The van der Waals surface area contributed by atoms with E-state index >= 15 is 0 Å². The van der Waals surface area contributed by atoms with Crippen LogP contribution in [0.3, 0.4) is 0 Å². The van der Waals surface area contributed by atoms with Crippen molar-refractivity contribution < 1.29 is 19.1 Å². The molecule has 0 saturated heterocycles. The normalized spacial score (nSPS) is 10.5. The van der Waals surface area contributed by atoms with Crippen LogP contribution in [-0.2, 0) is 17.8 Å². The SMILES string of the molecule is C=CCn1c(CCNC(=O)c2ccc(OC)cc2)nnc1SCC(=O)Nc1cc(C)ccc1OC. The van der Waals surface area contributed by atoms with Crippen molar-refractivity contribution in [3.63, 3.8) is 0 Å². The minimum absolute atomic E-state index is 0.153. The van der Waals surface area contributed by atoms with Gasteiger partial charge >= 0.3 is 0 Å². The second kappa shape index (κ2) is 12.6. The summed E-state index contributed by atoms with van der Waals surface area (Å²) < 4.78 is 12.3. The topological polar surface area (TPSA) is 107 Å². The smallest absolute Gasteiger partial charge is 0.251 e. The summed E-state index contributed by atoms with van der Waals surface area (Å²) >= 11 is 1.28. The van der Waals surface area contributed by atoms with Crippen LogP contribution in [0.2, 0.25) is 0 Å². The van der Waals surface area contributed by atoms with E-state index in [1.807, 2.05) is 29.7 Å². The summed E-state index contributed by atoms with van der Waals surface area (Å²) in [6, 6.07) is 12.5. The van der Waals surface area contributed by atoms with Crippen molar-refractivity contribution in [1.29, 1.82) is 0 Å². The number of carbonyl (C=O) groups is 2. The van der Waals surface area contributed by atoms with Crippen LogP contribution in [0.5, 0.6) is 11.5 Å². The number of thioether (sulfide) groups is 1. The molecule has 35 heavy (non-hydrogen) atoms. The van der Waals surface area contributed by atoms with E-state index in [2.05, 4.69) is 27.4 Å². The van der Waals surface area contributed by atoms with Gasteiger partial charge in [-0.2, -0.15) is 0 Å². The van der Waals surface area contributed by atoms with E-state index in [1.165, 1.54) is 11.8 Å². The molecule has 2 N–H and O–H groups in total. The van der Waals surface area contributed by atoms with Crippen LogP contribution in [0.25, 0.3) is 0 Å². The summed E-state index contributed by atoms with van der Waals surface area (Å²) in [5.41, 5.74) is 2.19. The number of aryl methyl sites for hydroxylation is 1. The van der Waals surface area contributed by atoms with Crippen LogP contribution in [0.4, 0.5) is 5.69 Å². The third-order valence-corrected chi connectivity index (χ3v) is 6.02. The average molecular weight is 496 g/mol. The molecule has 0 unspecified atom stereocenters. The molecule has 1 aromatic heterocycles. The first kappa shape index (κ1) is 25.8. The number of rotatable bonds is 12. The first-order valence-corrected chi connectivity index (χ1v) is 12.0. The van der Waals surface area contributed by atoms with Crippen molar-refractivity contribution in [3.8, 4) is 11.5 Å². The van der Waals surface area contributed by atoms with Gasteiger partial charge < -0.3 is 24.7 Å². The van der Waals surface area contributed by atoms with E-state index in [0.717, 1.165) is 5.56 Å². The fourth-order valence-corrected chi connectivity index (χ4v) is 4.06. The number of methoxy groups -OCH3 is 2. The fraction of sp³-hybridized carbons (Fsp3) is 0.280. The summed E-state index contributed by atoms with van der Waals surface area (Å²) in [5, 5.41) is 14.9. The second-order valence-corrected chi connectivity index (χ2v) is 8.52. The van der Waals surface area contributed by atoms with Crippen molar-refractivity contribution in [2.24, 2.45) is 0 Å². The Labute approximate surface area is 208 Å². The molecule has 10 heteroatoms. The third kappa shape index (κ3) is 7.10. The Balaban J connectivity index is 1.56. The maximum atomic E-state index is 12.5. The number of aromatic nitrogens is 3. The zero-order chi connectivity index (χ0) is 25.2. The first-order chi connectivity index (χ1) is 16.9. The van der Waals surface area contributed by atoms with Crippen LogP contribution in [0.1, 0.15) is 21.7 Å². The molecule has 0 atom stereocenters. The molecular weight excluding hydrogens is 466 g/mol. The number of amides is 2. The first-order valence-electron chi connectivity index (χ1n) is 11.0. The molecule has 1 heterocycles. The van der Waals surface area contributed by atoms with Gasteiger partial charge in [0.15, 0.2) is 5.16 Å². The van der Waals surface area contributed by atoms with Crippen molar-refractivity contribution in [2.45, 2.75) is 25.0 Å². The number of carbonyl (C=O) groups excluding carboxylic acids is 2. The highest BCUT2D eigenvalue weighted by molar-refractivity contribution is 7.99.